The fourth-order valence-electron chi connectivity index (χ4n) is 3.46. The number of aliphatic hydroxyl groups excluding tert-OH is 1. The molecule has 0 aliphatic heterocycles. The number of rotatable bonds is 19. The Bertz CT molecular complexity index is 208. The van der Waals surface area contributed by atoms with Gasteiger partial charge in [0, 0.05) is 0 Å². The third-order valence-corrected chi connectivity index (χ3v) is 4.95. The molecule has 0 aromatic heterocycles. The van der Waals surface area contributed by atoms with E-state index in [2.05, 4.69) is 13.8 Å². The molecule has 0 aromatic carbocycles. The average molecular weight is 409 g/mol. The normalized spacial score (nSPS) is 12.1. The Hall–Kier alpha value is 0.400. The van der Waals surface area contributed by atoms with Crippen molar-refractivity contribution < 1.29 is 27.0 Å². The maximum Gasteiger partial charge on any atom is 0.101 e. The molecule has 3 heteroatoms. The van der Waals surface area contributed by atoms with Gasteiger partial charge >= 0.3 is 0 Å². The van der Waals surface area contributed by atoms with Gasteiger partial charge in [0.15, 0.2) is 0 Å². The zero-order chi connectivity index (χ0) is 17.0. The van der Waals surface area contributed by atoms with Gasteiger partial charge in [-0.05, 0) is 19.3 Å². The highest BCUT2D eigenvalue weighted by Crippen LogP contribution is 2.12. The Morgan fingerprint density at radius 1 is 0.500 bits per heavy atom. The Kier molecular flexibility index (Phi) is 26.0. The SMILES string of the molecule is CCCCCCCCCCCCCCCC[NH+](CCC)CCO.[Br-]. The van der Waals surface area contributed by atoms with Crippen LogP contribution in [0.15, 0.2) is 0 Å². The van der Waals surface area contributed by atoms with Crippen LogP contribution >= 0.6 is 0 Å². The third kappa shape index (κ3) is 20.4. The monoisotopic (exact) mass is 407 g/mol. The first kappa shape index (κ1) is 26.6. The van der Waals surface area contributed by atoms with Crippen LogP contribution in [0.2, 0.25) is 0 Å². The van der Waals surface area contributed by atoms with Crippen LogP contribution in [0.4, 0.5) is 0 Å². The van der Waals surface area contributed by atoms with Gasteiger partial charge in [0.1, 0.15) is 6.54 Å². The molecular weight excluding hydrogens is 362 g/mol. The van der Waals surface area contributed by atoms with Crippen molar-refractivity contribution in [2.24, 2.45) is 0 Å². The molecule has 0 fully saturated rings. The molecule has 1 unspecified atom stereocenters. The summed E-state index contributed by atoms with van der Waals surface area (Å²) in [4.78, 5) is 1.59. The Morgan fingerprint density at radius 3 is 1.29 bits per heavy atom. The molecule has 0 aliphatic rings. The number of hydrogen-bond donors (Lipinski definition) is 2. The minimum atomic E-state index is 0. The number of halogens is 1. The van der Waals surface area contributed by atoms with E-state index in [-0.39, 0.29) is 17.0 Å². The largest absolute Gasteiger partial charge is 1.00 e. The molecule has 24 heavy (non-hydrogen) atoms. The molecule has 0 saturated heterocycles. The minimum absolute atomic E-state index is 0. The lowest BCUT2D eigenvalue weighted by Crippen LogP contribution is -3.12. The molecular formula is C21H46BrNO. The first-order chi connectivity index (χ1) is 11.3. The van der Waals surface area contributed by atoms with Crippen LogP contribution in [0.5, 0.6) is 0 Å². The standard InChI is InChI=1S/C21H45NO.BrH/c1-3-5-6-7-8-9-10-11-12-13-14-15-16-17-19-22(18-4-2)20-21-23;/h23H,3-21H2,1-2H3;1H. The molecule has 0 heterocycles. The van der Waals surface area contributed by atoms with E-state index in [4.69, 9.17) is 5.11 Å². The van der Waals surface area contributed by atoms with Crippen LogP contribution in [0.1, 0.15) is 110 Å². The van der Waals surface area contributed by atoms with E-state index in [1.54, 1.807) is 4.90 Å². The van der Waals surface area contributed by atoms with Crippen LogP contribution < -0.4 is 21.9 Å². The summed E-state index contributed by atoms with van der Waals surface area (Å²) in [5, 5.41) is 9.06. The van der Waals surface area contributed by atoms with Gasteiger partial charge in [-0.15, -0.1) is 0 Å². The molecule has 0 saturated carbocycles. The summed E-state index contributed by atoms with van der Waals surface area (Å²) in [7, 11) is 0. The van der Waals surface area contributed by atoms with Crippen molar-refractivity contribution in [2.75, 3.05) is 26.2 Å². The summed E-state index contributed by atoms with van der Waals surface area (Å²) in [6.45, 7) is 8.28. The number of unbranched alkanes of at least 4 members (excludes halogenated alkanes) is 13. The van der Waals surface area contributed by atoms with E-state index < -0.39 is 0 Å². The van der Waals surface area contributed by atoms with Gasteiger partial charge in [0.2, 0.25) is 0 Å². The summed E-state index contributed by atoms with van der Waals surface area (Å²) in [6, 6.07) is 0. The van der Waals surface area contributed by atoms with Gasteiger partial charge in [-0.25, -0.2) is 0 Å². The van der Waals surface area contributed by atoms with E-state index in [0.717, 1.165) is 6.54 Å². The number of nitrogens with one attached hydrogen (secondary N) is 1. The van der Waals surface area contributed by atoms with Crippen LogP contribution in [0, 0.1) is 0 Å². The fraction of sp³-hybridized carbons (Fsp3) is 1.00. The van der Waals surface area contributed by atoms with Crippen LogP contribution in [-0.4, -0.2) is 31.3 Å². The number of aliphatic hydroxyl groups is 1. The summed E-state index contributed by atoms with van der Waals surface area (Å²) < 4.78 is 0. The Morgan fingerprint density at radius 2 is 0.917 bits per heavy atom. The zero-order valence-electron chi connectivity index (χ0n) is 16.8. The van der Waals surface area contributed by atoms with Crippen molar-refractivity contribution in [2.45, 2.75) is 110 Å². The van der Waals surface area contributed by atoms with Crippen molar-refractivity contribution in [3.8, 4) is 0 Å². The molecule has 0 radical (unpaired) electrons. The quantitative estimate of drug-likeness (QED) is 0.313. The molecule has 0 bridgehead atoms. The van der Waals surface area contributed by atoms with E-state index in [9.17, 15) is 0 Å². The summed E-state index contributed by atoms with van der Waals surface area (Å²) in [5.74, 6) is 0. The van der Waals surface area contributed by atoms with Gasteiger partial charge in [-0.3, -0.25) is 0 Å². The number of hydrogen-bond acceptors (Lipinski definition) is 1. The van der Waals surface area contributed by atoms with Crippen molar-refractivity contribution in [3.05, 3.63) is 0 Å². The second kappa shape index (κ2) is 23.4. The highest BCUT2D eigenvalue weighted by Gasteiger charge is 2.05. The van der Waals surface area contributed by atoms with E-state index >= 15 is 0 Å². The summed E-state index contributed by atoms with van der Waals surface area (Å²) in [6.07, 6.45) is 21.2. The molecule has 0 aliphatic carbocycles. The number of quaternary nitrogens is 1. The van der Waals surface area contributed by atoms with Gasteiger partial charge in [0.25, 0.3) is 0 Å². The van der Waals surface area contributed by atoms with Gasteiger partial charge < -0.3 is 27.0 Å². The summed E-state index contributed by atoms with van der Waals surface area (Å²) in [5.41, 5.74) is 0. The highest BCUT2D eigenvalue weighted by atomic mass is 79.9. The lowest BCUT2D eigenvalue weighted by atomic mass is 10.0. The first-order valence-corrected chi connectivity index (χ1v) is 10.8. The predicted octanol–water partition coefficient (Wildman–Crippen LogP) is 1.76. The second-order valence-corrected chi connectivity index (χ2v) is 7.32. The highest BCUT2D eigenvalue weighted by molar-refractivity contribution is 4.49. The van der Waals surface area contributed by atoms with Crippen molar-refractivity contribution in [1.82, 2.24) is 0 Å². The predicted molar refractivity (Wildman–Crippen MR) is 103 cm³/mol. The van der Waals surface area contributed by atoms with Crippen LogP contribution in [-0.2, 0) is 0 Å². The minimum Gasteiger partial charge on any atom is -1.00 e. The Balaban J connectivity index is 0. The van der Waals surface area contributed by atoms with Crippen LogP contribution in [0.3, 0.4) is 0 Å². The van der Waals surface area contributed by atoms with E-state index in [1.807, 2.05) is 0 Å². The van der Waals surface area contributed by atoms with E-state index in [1.165, 1.54) is 109 Å². The fourth-order valence-corrected chi connectivity index (χ4v) is 3.46. The molecule has 148 valence electrons. The maximum absolute atomic E-state index is 9.06. The zero-order valence-corrected chi connectivity index (χ0v) is 18.3. The molecule has 2 N–H and O–H groups in total. The molecule has 2 nitrogen and oxygen atoms in total. The van der Waals surface area contributed by atoms with Crippen molar-refractivity contribution in [1.29, 1.82) is 0 Å². The topological polar surface area (TPSA) is 24.7 Å². The van der Waals surface area contributed by atoms with Crippen molar-refractivity contribution in [3.63, 3.8) is 0 Å². The lowest BCUT2D eigenvalue weighted by Gasteiger charge is -2.17. The van der Waals surface area contributed by atoms with Gasteiger partial charge in [-0.1, -0.05) is 90.9 Å². The third-order valence-electron chi connectivity index (χ3n) is 4.95. The first-order valence-electron chi connectivity index (χ1n) is 10.8. The average Bonchev–Trinajstić information content (AvgIpc) is 2.55. The van der Waals surface area contributed by atoms with E-state index in [0.29, 0.717) is 6.61 Å². The molecule has 0 amide bonds. The Labute approximate surface area is 163 Å². The smallest absolute Gasteiger partial charge is 0.101 e. The molecule has 0 aromatic rings. The lowest BCUT2D eigenvalue weighted by molar-refractivity contribution is -0.900. The van der Waals surface area contributed by atoms with Crippen molar-refractivity contribution >= 4 is 0 Å². The summed E-state index contributed by atoms with van der Waals surface area (Å²) >= 11 is 0. The molecule has 1 atom stereocenters. The molecule has 0 rings (SSSR count). The van der Waals surface area contributed by atoms with Gasteiger partial charge in [-0.2, -0.15) is 0 Å². The molecule has 0 spiro atoms. The maximum atomic E-state index is 9.06. The van der Waals surface area contributed by atoms with Crippen LogP contribution in [0.25, 0.3) is 0 Å². The second-order valence-electron chi connectivity index (χ2n) is 7.32. The van der Waals surface area contributed by atoms with Gasteiger partial charge in [0.05, 0.1) is 19.7 Å².